The summed E-state index contributed by atoms with van der Waals surface area (Å²) in [4.78, 5) is 12.4. The molecule has 4 nitrogen and oxygen atoms in total. The number of nitrogens with zero attached hydrogens (tertiary/aromatic N) is 2. The fraction of sp³-hybridized carbons (Fsp3) is 0.200. The molecule has 0 bridgehead atoms. The summed E-state index contributed by atoms with van der Waals surface area (Å²) >= 11 is 0. The third kappa shape index (κ3) is 2.11. The van der Waals surface area contributed by atoms with Crippen molar-refractivity contribution in [2.75, 3.05) is 7.11 Å². The highest BCUT2D eigenvalue weighted by atomic mass is 16.5. The van der Waals surface area contributed by atoms with Gasteiger partial charge in [0.1, 0.15) is 17.4 Å². The van der Waals surface area contributed by atoms with Gasteiger partial charge in [-0.3, -0.25) is 9.36 Å². The minimum atomic E-state index is -0.315. The molecule has 19 heavy (non-hydrogen) atoms. The van der Waals surface area contributed by atoms with Gasteiger partial charge in [0.25, 0.3) is 5.56 Å². The minimum Gasteiger partial charge on any atom is -0.495 e. The summed E-state index contributed by atoms with van der Waals surface area (Å²) < 4.78 is 6.78. The van der Waals surface area contributed by atoms with Gasteiger partial charge >= 0.3 is 0 Å². The third-order valence-corrected chi connectivity index (χ3v) is 3.03. The molecule has 4 heteroatoms. The van der Waals surface area contributed by atoms with Gasteiger partial charge in [-0.05, 0) is 37.6 Å². The molecular weight excluding hydrogens is 240 g/mol. The number of nitriles is 1. The Bertz CT molecular complexity index is 724. The van der Waals surface area contributed by atoms with Gasteiger partial charge in [-0.15, -0.1) is 0 Å². The Balaban J connectivity index is 2.84. The van der Waals surface area contributed by atoms with E-state index in [4.69, 9.17) is 10.00 Å². The largest absolute Gasteiger partial charge is 0.495 e. The van der Waals surface area contributed by atoms with Gasteiger partial charge in [-0.1, -0.05) is 12.1 Å². The highest BCUT2D eigenvalue weighted by Crippen LogP contribution is 2.22. The summed E-state index contributed by atoms with van der Waals surface area (Å²) in [6.07, 6.45) is 0. The van der Waals surface area contributed by atoms with E-state index in [2.05, 4.69) is 0 Å². The zero-order chi connectivity index (χ0) is 14.0. The fourth-order valence-corrected chi connectivity index (χ4v) is 2.14. The summed E-state index contributed by atoms with van der Waals surface area (Å²) in [5.74, 6) is 0.598. The molecule has 0 amide bonds. The minimum absolute atomic E-state index is 0.163. The van der Waals surface area contributed by atoms with Crippen LogP contribution in [0.5, 0.6) is 5.75 Å². The number of pyridine rings is 1. The SMILES string of the molecule is COc1ccccc1-n1c(C)cc(C)c(C#N)c1=O. The predicted octanol–water partition coefficient (Wildman–Crippen LogP) is 2.33. The van der Waals surface area contributed by atoms with E-state index in [1.807, 2.05) is 31.2 Å². The average Bonchev–Trinajstić information content (AvgIpc) is 2.39. The second-order valence-corrected chi connectivity index (χ2v) is 4.27. The Kier molecular flexibility index (Phi) is 3.39. The molecule has 0 saturated carbocycles. The molecule has 2 rings (SSSR count). The van der Waals surface area contributed by atoms with Crippen LogP contribution >= 0.6 is 0 Å². The van der Waals surface area contributed by atoms with Crippen LogP contribution < -0.4 is 10.3 Å². The fourth-order valence-electron chi connectivity index (χ4n) is 2.14. The smallest absolute Gasteiger partial charge is 0.273 e. The zero-order valence-electron chi connectivity index (χ0n) is 11.1. The first-order chi connectivity index (χ1) is 9.10. The Morgan fingerprint density at radius 3 is 2.58 bits per heavy atom. The van der Waals surface area contributed by atoms with Crippen LogP contribution in [0, 0.1) is 25.2 Å². The topological polar surface area (TPSA) is 55.0 Å². The van der Waals surface area contributed by atoms with E-state index in [1.54, 1.807) is 26.2 Å². The molecule has 0 aliphatic carbocycles. The quantitative estimate of drug-likeness (QED) is 0.826. The van der Waals surface area contributed by atoms with Crippen molar-refractivity contribution < 1.29 is 4.74 Å². The van der Waals surface area contributed by atoms with E-state index in [0.29, 0.717) is 17.0 Å². The highest BCUT2D eigenvalue weighted by Gasteiger charge is 2.14. The molecular formula is C15H14N2O2. The molecule has 1 aromatic carbocycles. The number of methoxy groups -OCH3 is 1. The van der Waals surface area contributed by atoms with Gasteiger partial charge in [-0.25, -0.2) is 0 Å². The van der Waals surface area contributed by atoms with E-state index in [9.17, 15) is 4.79 Å². The van der Waals surface area contributed by atoms with Crippen molar-refractivity contribution in [3.63, 3.8) is 0 Å². The van der Waals surface area contributed by atoms with Gasteiger partial charge < -0.3 is 4.74 Å². The van der Waals surface area contributed by atoms with E-state index in [0.717, 1.165) is 5.69 Å². The lowest BCUT2D eigenvalue weighted by atomic mass is 10.1. The van der Waals surface area contributed by atoms with Crippen molar-refractivity contribution in [1.29, 1.82) is 5.26 Å². The molecule has 0 aliphatic rings. The maximum atomic E-state index is 12.4. The molecule has 2 aromatic rings. The van der Waals surface area contributed by atoms with Crippen molar-refractivity contribution in [2.24, 2.45) is 0 Å². The number of ether oxygens (including phenoxy) is 1. The lowest BCUT2D eigenvalue weighted by molar-refractivity contribution is 0.412. The average molecular weight is 254 g/mol. The molecule has 1 heterocycles. The summed E-state index contributed by atoms with van der Waals surface area (Å²) in [5, 5.41) is 9.09. The summed E-state index contributed by atoms with van der Waals surface area (Å²) in [6, 6.07) is 11.0. The van der Waals surface area contributed by atoms with Crippen LogP contribution in [0.15, 0.2) is 35.1 Å². The van der Waals surface area contributed by atoms with E-state index < -0.39 is 0 Å². The predicted molar refractivity (Wildman–Crippen MR) is 72.8 cm³/mol. The second-order valence-electron chi connectivity index (χ2n) is 4.27. The zero-order valence-corrected chi connectivity index (χ0v) is 11.1. The summed E-state index contributed by atoms with van der Waals surface area (Å²) in [7, 11) is 1.55. The lowest BCUT2D eigenvalue weighted by Crippen LogP contribution is -2.24. The first-order valence-corrected chi connectivity index (χ1v) is 5.87. The summed E-state index contributed by atoms with van der Waals surface area (Å²) in [6.45, 7) is 3.60. The first-order valence-electron chi connectivity index (χ1n) is 5.87. The number of hydrogen-bond donors (Lipinski definition) is 0. The molecule has 0 spiro atoms. The van der Waals surface area contributed by atoms with Crippen molar-refractivity contribution in [2.45, 2.75) is 13.8 Å². The van der Waals surface area contributed by atoms with Crippen molar-refractivity contribution in [1.82, 2.24) is 4.57 Å². The maximum Gasteiger partial charge on any atom is 0.273 e. The molecule has 0 saturated heterocycles. The van der Waals surface area contributed by atoms with Crippen LogP contribution in [0.3, 0.4) is 0 Å². The Hall–Kier alpha value is -2.54. The van der Waals surface area contributed by atoms with Gasteiger partial charge in [0.15, 0.2) is 0 Å². The number of hydrogen-bond acceptors (Lipinski definition) is 3. The third-order valence-electron chi connectivity index (χ3n) is 3.03. The Labute approximate surface area is 111 Å². The van der Waals surface area contributed by atoms with E-state index in [-0.39, 0.29) is 11.1 Å². The number of para-hydroxylation sites is 2. The Morgan fingerprint density at radius 2 is 1.95 bits per heavy atom. The molecule has 96 valence electrons. The molecule has 0 N–H and O–H groups in total. The highest BCUT2D eigenvalue weighted by molar-refractivity contribution is 5.50. The van der Waals surface area contributed by atoms with E-state index >= 15 is 0 Å². The van der Waals surface area contributed by atoms with Crippen LogP contribution in [0.4, 0.5) is 0 Å². The van der Waals surface area contributed by atoms with Gasteiger partial charge in [-0.2, -0.15) is 5.26 Å². The van der Waals surface area contributed by atoms with Gasteiger partial charge in [0, 0.05) is 5.69 Å². The number of aromatic nitrogens is 1. The summed E-state index contributed by atoms with van der Waals surface area (Å²) in [5.41, 5.74) is 1.95. The van der Waals surface area contributed by atoms with Crippen LogP contribution in [0.2, 0.25) is 0 Å². The number of aryl methyl sites for hydroxylation is 2. The molecule has 1 aromatic heterocycles. The van der Waals surface area contributed by atoms with Crippen LogP contribution in [-0.2, 0) is 0 Å². The Morgan fingerprint density at radius 1 is 1.26 bits per heavy atom. The first kappa shape index (κ1) is 12.9. The molecule has 0 radical (unpaired) electrons. The lowest BCUT2D eigenvalue weighted by Gasteiger charge is -2.14. The van der Waals surface area contributed by atoms with Crippen molar-refractivity contribution in [3.8, 4) is 17.5 Å². The van der Waals surface area contributed by atoms with Crippen molar-refractivity contribution in [3.05, 3.63) is 57.5 Å². The molecule has 0 fully saturated rings. The van der Waals surface area contributed by atoms with Crippen LogP contribution in [-0.4, -0.2) is 11.7 Å². The van der Waals surface area contributed by atoms with Gasteiger partial charge in [0.2, 0.25) is 0 Å². The van der Waals surface area contributed by atoms with Crippen LogP contribution in [0.25, 0.3) is 5.69 Å². The maximum absolute atomic E-state index is 12.4. The van der Waals surface area contributed by atoms with E-state index in [1.165, 1.54) is 4.57 Å². The molecule has 0 unspecified atom stereocenters. The monoisotopic (exact) mass is 254 g/mol. The normalized spacial score (nSPS) is 10.0. The molecule has 0 atom stereocenters. The van der Waals surface area contributed by atoms with Crippen LogP contribution in [0.1, 0.15) is 16.8 Å². The standard InChI is InChI=1S/C15H14N2O2/c1-10-8-11(2)17(15(18)12(10)9-16)13-6-4-5-7-14(13)19-3/h4-8H,1-3H3. The molecule has 0 aliphatic heterocycles. The number of rotatable bonds is 2. The second kappa shape index (κ2) is 4.99. The van der Waals surface area contributed by atoms with Gasteiger partial charge in [0.05, 0.1) is 12.8 Å². The number of benzene rings is 1. The van der Waals surface area contributed by atoms with Crippen molar-refractivity contribution >= 4 is 0 Å².